The highest BCUT2D eigenvalue weighted by Crippen LogP contribution is 2.37. The van der Waals surface area contributed by atoms with Gasteiger partial charge in [0.05, 0.1) is 22.3 Å². The lowest BCUT2D eigenvalue weighted by Gasteiger charge is -2.11. The van der Waals surface area contributed by atoms with Gasteiger partial charge in [0.15, 0.2) is 0 Å². The lowest BCUT2D eigenvalue weighted by molar-refractivity contribution is -0.137. The number of hydrogen-bond donors (Lipinski definition) is 1. The Morgan fingerprint density at radius 3 is 2.67 bits per heavy atom. The number of nitrogens with zero attached hydrogens (tertiary/aromatic N) is 1. The maximum atomic E-state index is 12.6. The summed E-state index contributed by atoms with van der Waals surface area (Å²) in [6.45, 7) is 1.34. The summed E-state index contributed by atoms with van der Waals surface area (Å²) in [6.07, 6.45) is -2.99. The smallest absolute Gasteiger partial charge is 0.278 e. The Labute approximate surface area is 88.0 Å². The molecule has 2 nitrogen and oxygen atoms in total. The fourth-order valence-electron chi connectivity index (χ4n) is 1.45. The van der Waals surface area contributed by atoms with E-state index in [9.17, 15) is 13.2 Å². The van der Waals surface area contributed by atoms with Crippen molar-refractivity contribution in [3.05, 3.63) is 28.4 Å². The van der Waals surface area contributed by atoms with E-state index >= 15 is 0 Å². The molecule has 0 amide bonds. The minimum atomic E-state index is -4.40. The molecule has 0 bridgehead atoms. The number of alkyl halides is 3. The second kappa shape index (κ2) is 3.13. The molecular formula is C9H6ClF3N2. The standard InChI is InChI=1S/C9H6ClF3N2/c1-4-6(9(11,12)13)2-7-5(8(4)10)3-14-15-7/h2-3H,1H3,(H,14,15). The van der Waals surface area contributed by atoms with Gasteiger partial charge in [-0.15, -0.1) is 0 Å². The van der Waals surface area contributed by atoms with Crippen LogP contribution in [0.25, 0.3) is 10.9 Å². The topological polar surface area (TPSA) is 28.7 Å². The zero-order chi connectivity index (χ0) is 11.2. The third-order valence-corrected chi connectivity index (χ3v) is 2.72. The van der Waals surface area contributed by atoms with Crippen LogP contribution < -0.4 is 0 Å². The third kappa shape index (κ3) is 1.56. The quantitative estimate of drug-likeness (QED) is 0.742. The van der Waals surface area contributed by atoms with E-state index in [1.54, 1.807) is 0 Å². The van der Waals surface area contributed by atoms with Crippen molar-refractivity contribution in [1.82, 2.24) is 10.2 Å². The normalized spacial score (nSPS) is 12.3. The zero-order valence-corrected chi connectivity index (χ0v) is 8.37. The fraction of sp³-hybridized carbons (Fsp3) is 0.222. The molecular weight excluding hydrogens is 229 g/mol. The number of halogens is 4. The Morgan fingerprint density at radius 2 is 2.07 bits per heavy atom. The Balaban J connectivity index is 2.82. The molecule has 0 atom stereocenters. The van der Waals surface area contributed by atoms with Crippen molar-refractivity contribution >= 4 is 22.5 Å². The monoisotopic (exact) mass is 234 g/mol. The van der Waals surface area contributed by atoms with Crippen LogP contribution in [0, 0.1) is 6.92 Å². The van der Waals surface area contributed by atoms with Crippen molar-refractivity contribution in [2.75, 3.05) is 0 Å². The second-order valence-corrected chi connectivity index (χ2v) is 3.57. The fourth-order valence-corrected chi connectivity index (χ4v) is 1.70. The minimum Gasteiger partial charge on any atom is -0.278 e. The molecule has 2 aromatic rings. The van der Waals surface area contributed by atoms with Gasteiger partial charge >= 0.3 is 6.18 Å². The lowest BCUT2D eigenvalue weighted by atomic mass is 10.1. The third-order valence-electron chi connectivity index (χ3n) is 2.23. The van der Waals surface area contributed by atoms with Gasteiger partial charge in [0.2, 0.25) is 0 Å². The van der Waals surface area contributed by atoms with E-state index in [2.05, 4.69) is 10.2 Å². The summed E-state index contributed by atoms with van der Waals surface area (Å²) in [6, 6.07) is 1.02. The predicted octanol–water partition coefficient (Wildman–Crippen LogP) is 3.54. The highest BCUT2D eigenvalue weighted by atomic mass is 35.5. The summed E-state index contributed by atoms with van der Waals surface area (Å²) in [7, 11) is 0. The Kier molecular flexibility index (Phi) is 2.15. The van der Waals surface area contributed by atoms with Crippen LogP contribution in [0.1, 0.15) is 11.1 Å². The number of rotatable bonds is 0. The molecule has 2 rings (SSSR count). The molecule has 15 heavy (non-hydrogen) atoms. The molecule has 80 valence electrons. The first-order valence-electron chi connectivity index (χ1n) is 4.10. The van der Waals surface area contributed by atoms with E-state index in [0.29, 0.717) is 5.39 Å². The van der Waals surface area contributed by atoms with Crippen molar-refractivity contribution in [3.63, 3.8) is 0 Å². The van der Waals surface area contributed by atoms with E-state index < -0.39 is 11.7 Å². The predicted molar refractivity (Wildman–Crippen MR) is 50.8 cm³/mol. The van der Waals surface area contributed by atoms with Crippen molar-refractivity contribution in [1.29, 1.82) is 0 Å². The summed E-state index contributed by atoms with van der Waals surface area (Å²) in [5.74, 6) is 0. The molecule has 1 N–H and O–H groups in total. The first-order chi connectivity index (χ1) is 6.91. The lowest BCUT2D eigenvalue weighted by Crippen LogP contribution is -2.07. The SMILES string of the molecule is Cc1c(C(F)(F)F)cc2[nH]ncc2c1Cl. The highest BCUT2D eigenvalue weighted by Gasteiger charge is 2.34. The van der Waals surface area contributed by atoms with Crippen LogP contribution in [0.2, 0.25) is 5.02 Å². The van der Waals surface area contributed by atoms with Crippen LogP contribution >= 0.6 is 11.6 Å². The Morgan fingerprint density at radius 1 is 1.40 bits per heavy atom. The molecule has 0 fully saturated rings. The molecule has 1 aromatic heterocycles. The van der Waals surface area contributed by atoms with Gasteiger partial charge in [-0.3, -0.25) is 5.10 Å². The minimum absolute atomic E-state index is 0.0260. The van der Waals surface area contributed by atoms with Crippen LogP contribution in [-0.2, 0) is 6.18 Å². The maximum Gasteiger partial charge on any atom is 0.416 e. The number of nitrogens with one attached hydrogen (secondary N) is 1. The van der Waals surface area contributed by atoms with Gasteiger partial charge in [0.25, 0.3) is 0 Å². The van der Waals surface area contributed by atoms with Gasteiger partial charge in [-0.25, -0.2) is 0 Å². The summed E-state index contributed by atoms with van der Waals surface area (Å²) in [4.78, 5) is 0. The summed E-state index contributed by atoms with van der Waals surface area (Å²) < 4.78 is 37.7. The first kappa shape index (κ1) is 10.3. The van der Waals surface area contributed by atoms with Gasteiger partial charge < -0.3 is 0 Å². The van der Waals surface area contributed by atoms with Crippen LogP contribution in [0.5, 0.6) is 0 Å². The van der Waals surface area contributed by atoms with Gasteiger partial charge in [-0.05, 0) is 18.6 Å². The number of benzene rings is 1. The first-order valence-corrected chi connectivity index (χ1v) is 4.48. The van der Waals surface area contributed by atoms with Gasteiger partial charge in [0, 0.05) is 5.39 Å². The van der Waals surface area contributed by atoms with E-state index in [1.165, 1.54) is 13.1 Å². The second-order valence-electron chi connectivity index (χ2n) is 3.19. The molecule has 6 heteroatoms. The Bertz CT molecular complexity index is 516. The molecule has 0 spiro atoms. The average molecular weight is 235 g/mol. The van der Waals surface area contributed by atoms with E-state index in [4.69, 9.17) is 11.6 Å². The molecule has 0 aliphatic heterocycles. The van der Waals surface area contributed by atoms with Gasteiger partial charge in [-0.2, -0.15) is 18.3 Å². The van der Waals surface area contributed by atoms with Crippen LogP contribution in [-0.4, -0.2) is 10.2 Å². The van der Waals surface area contributed by atoms with Crippen molar-refractivity contribution in [3.8, 4) is 0 Å². The highest BCUT2D eigenvalue weighted by molar-refractivity contribution is 6.36. The van der Waals surface area contributed by atoms with Crippen LogP contribution in [0.4, 0.5) is 13.2 Å². The molecule has 1 heterocycles. The largest absolute Gasteiger partial charge is 0.416 e. The van der Waals surface area contributed by atoms with E-state index in [0.717, 1.165) is 6.07 Å². The number of hydrogen-bond acceptors (Lipinski definition) is 1. The number of aromatic amines is 1. The summed E-state index contributed by atoms with van der Waals surface area (Å²) in [5, 5.41) is 6.71. The summed E-state index contributed by atoms with van der Waals surface area (Å²) in [5.41, 5.74) is -0.416. The van der Waals surface area contributed by atoms with Gasteiger partial charge in [0.1, 0.15) is 0 Å². The average Bonchev–Trinajstić information content (AvgIpc) is 2.57. The molecule has 0 saturated carbocycles. The number of H-pyrrole nitrogens is 1. The molecule has 0 unspecified atom stereocenters. The number of fused-ring (bicyclic) bond motifs is 1. The summed E-state index contributed by atoms with van der Waals surface area (Å²) >= 11 is 5.82. The van der Waals surface area contributed by atoms with Crippen molar-refractivity contribution in [2.24, 2.45) is 0 Å². The maximum absolute atomic E-state index is 12.6. The van der Waals surface area contributed by atoms with E-state index in [1.807, 2.05) is 0 Å². The number of aromatic nitrogens is 2. The zero-order valence-electron chi connectivity index (χ0n) is 7.61. The van der Waals surface area contributed by atoms with Gasteiger partial charge in [-0.1, -0.05) is 11.6 Å². The van der Waals surface area contributed by atoms with Crippen molar-refractivity contribution in [2.45, 2.75) is 13.1 Å². The van der Waals surface area contributed by atoms with E-state index in [-0.39, 0.29) is 16.1 Å². The molecule has 0 saturated heterocycles. The molecule has 0 aliphatic rings. The van der Waals surface area contributed by atoms with Crippen LogP contribution in [0.15, 0.2) is 12.3 Å². The molecule has 0 radical (unpaired) electrons. The molecule has 0 aliphatic carbocycles. The van der Waals surface area contributed by atoms with Crippen molar-refractivity contribution < 1.29 is 13.2 Å². The van der Waals surface area contributed by atoms with Crippen LogP contribution in [0.3, 0.4) is 0 Å². The Hall–Kier alpha value is -1.23. The molecule has 1 aromatic carbocycles.